The Kier molecular flexibility index (Phi) is 5.13. The van der Waals surface area contributed by atoms with Crippen LogP contribution in [0.25, 0.3) is 0 Å². The van der Waals surface area contributed by atoms with Gasteiger partial charge in [-0.2, -0.15) is 0 Å². The zero-order valence-electron chi connectivity index (χ0n) is 10.1. The molecule has 0 aromatic rings. The Balaban J connectivity index is 4.17. The fraction of sp³-hybridized carbons (Fsp3) is 0.909. The number of rotatable bonds is 5. The topological polar surface area (TPSA) is 55.1 Å². The average molecular weight is 200 g/mol. The molecule has 84 valence electrons. The highest BCUT2D eigenvalue weighted by molar-refractivity contribution is 5.79. The largest absolute Gasteiger partial charge is 0.351 e. The van der Waals surface area contributed by atoms with Crippen molar-refractivity contribution < 1.29 is 4.79 Å². The number of nitrogens with one attached hydrogen (secondary N) is 1. The Labute approximate surface area is 87.4 Å². The molecule has 0 aliphatic carbocycles. The van der Waals surface area contributed by atoms with E-state index in [1.165, 1.54) is 0 Å². The van der Waals surface area contributed by atoms with Crippen molar-refractivity contribution in [3.05, 3.63) is 0 Å². The summed E-state index contributed by atoms with van der Waals surface area (Å²) in [6.45, 7) is 9.92. The Morgan fingerprint density at radius 1 is 1.43 bits per heavy atom. The van der Waals surface area contributed by atoms with Crippen LogP contribution in [-0.4, -0.2) is 17.5 Å². The Morgan fingerprint density at radius 2 is 1.93 bits per heavy atom. The highest BCUT2D eigenvalue weighted by Gasteiger charge is 2.24. The van der Waals surface area contributed by atoms with E-state index in [9.17, 15) is 4.79 Å². The van der Waals surface area contributed by atoms with Crippen LogP contribution in [-0.2, 0) is 4.79 Å². The molecule has 0 aliphatic heterocycles. The molecule has 3 nitrogen and oxygen atoms in total. The van der Waals surface area contributed by atoms with E-state index in [2.05, 4.69) is 12.2 Å². The first-order valence-corrected chi connectivity index (χ1v) is 5.37. The molecule has 0 aliphatic rings. The second kappa shape index (κ2) is 5.35. The zero-order chi connectivity index (χ0) is 11.4. The standard InChI is InChI=1S/C11H24N2O/c1-6-7-11(4,5)13-10(14)8(2)9(3)12/h8-9H,6-7,12H2,1-5H3,(H,13,14). The molecule has 0 rings (SSSR count). The van der Waals surface area contributed by atoms with Crippen LogP contribution < -0.4 is 11.1 Å². The summed E-state index contributed by atoms with van der Waals surface area (Å²) >= 11 is 0. The van der Waals surface area contributed by atoms with Crippen molar-refractivity contribution >= 4 is 5.91 Å². The molecule has 0 saturated heterocycles. The molecule has 0 fully saturated rings. The van der Waals surface area contributed by atoms with Gasteiger partial charge in [-0.15, -0.1) is 0 Å². The Morgan fingerprint density at radius 3 is 2.29 bits per heavy atom. The third-order valence-corrected chi connectivity index (χ3v) is 2.54. The second-order valence-electron chi connectivity index (χ2n) is 4.77. The van der Waals surface area contributed by atoms with E-state index >= 15 is 0 Å². The van der Waals surface area contributed by atoms with Crippen LogP contribution in [0.15, 0.2) is 0 Å². The van der Waals surface area contributed by atoms with E-state index < -0.39 is 0 Å². The van der Waals surface area contributed by atoms with Gasteiger partial charge in [0.15, 0.2) is 0 Å². The molecule has 3 heteroatoms. The summed E-state index contributed by atoms with van der Waals surface area (Å²) < 4.78 is 0. The molecule has 14 heavy (non-hydrogen) atoms. The third kappa shape index (κ3) is 4.61. The van der Waals surface area contributed by atoms with Crippen molar-refractivity contribution in [1.29, 1.82) is 0 Å². The van der Waals surface area contributed by atoms with Crippen molar-refractivity contribution in [2.45, 2.75) is 59.0 Å². The quantitative estimate of drug-likeness (QED) is 0.709. The predicted molar refractivity (Wildman–Crippen MR) is 59.9 cm³/mol. The summed E-state index contributed by atoms with van der Waals surface area (Å²) in [4.78, 5) is 11.7. The summed E-state index contributed by atoms with van der Waals surface area (Å²) in [6, 6.07) is -0.0903. The molecule has 0 radical (unpaired) electrons. The number of hydrogen-bond acceptors (Lipinski definition) is 2. The van der Waals surface area contributed by atoms with E-state index in [4.69, 9.17) is 5.73 Å². The van der Waals surface area contributed by atoms with Crippen LogP contribution >= 0.6 is 0 Å². The molecular weight excluding hydrogens is 176 g/mol. The first kappa shape index (κ1) is 13.4. The predicted octanol–water partition coefficient (Wildman–Crippen LogP) is 1.66. The first-order chi connectivity index (χ1) is 6.30. The van der Waals surface area contributed by atoms with E-state index in [1.54, 1.807) is 0 Å². The van der Waals surface area contributed by atoms with Crippen LogP contribution in [0.2, 0.25) is 0 Å². The van der Waals surface area contributed by atoms with Gasteiger partial charge in [0.2, 0.25) is 5.91 Å². The molecule has 0 spiro atoms. The van der Waals surface area contributed by atoms with Crippen molar-refractivity contribution in [2.75, 3.05) is 0 Å². The minimum absolute atomic E-state index is 0.0541. The number of carbonyl (C=O) groups excluding carboxylic acids is 1. The maximum Gasteiger partial charge on any atom is 0.224 e. The van der Waals surface area contributed by atoms with Gasteiger partial charge in [0.1, 0.15) is 0 Å². The molecule has 3 N–H and O–H groups in total. The molecule has 0 aromatic carbocycles. The van der Waals surface area contributed by atoms with E-state index in [1.807, 2.05) is 27.7 Å². The lowest BCUT2D eigenvalue weighted by Crippen LogP contribution is -2.48. The SMILES string of the molecule is CCCC(C)(C)NC(=O)C(C)C(C)N. The Bertz CT molecular complexity index is 188. The van der Waals surface area contributed by atoms with Crippen molar-refractivity contribution in [2.24, 2.45) is 11.7 Å². The fourth-order valence-electron chi connectivity index (χ4n) is 1.37. The first-order valence-electron chi connectivity index (χ1n) is 5.37. The molecule has 2 atom stereocenters. The van der Waals surface area contributed by atoms with Gasteiger partial charge < -0.3 is 11.1 Å². The van der Waals surface area contributed by atoms with Crippen molar-refractivity contribution in [3.63, 3.8) is 0 Å². The lowest BCUT2D eigenvalue weighted by atomic mass is 9.96. The highest BCUT2D eigenvalue weighted by Crippen LogP contribution is 2.12. The number of amides is 1. The number of carbonyl (C=O) groups is 1. The van der Waals surface area contributed by atoms with Gasteiger partial charge in [0, 0.05) is 17.5 Å². The Hall–Kier alpha value is -0.570. The molecule has 0 aromatic heterocycles. The summed E-state index contributed by atoms with van der Waals surface area (Å²) in [5.74, 6) is -0.0652. The van der Waals surface area contributed by atoms with E-state index in [0.717, 1.165) is 12.8 Å². The average Bonchev–Trinajstić information content (AvgIpc) is 2.01. The van der Waals surface area contributed by atoms with Crippen LogP contribution in [0.1, 0.15) is 47.5 Å². The lowest BCUT2D eigenvalue weighted by molar-refractivity contribution is -0.126. The van der Waals surface area contributed by atoms with Gasteiger partial charge in [-0.1, -0.05) is 20.3 Å². The maximum absolute atomic E-state index is 11.7. The lowest BCUT2D eigenvalue weighted by Gasteiger charge is -2.28. The maximum atomic E-state index is 11.7. The van der Waals surface area contributed by atoms with E-state index in [0.29, 0.717) is 0 Å². The van der Waals surface area contributed by atoms with Gasteiger partial charge in [0.25, 0.3) is 0 Å². The molecule has 0 saturated carbocycles. The van der Waals surface area contributed by atoms with E-state index in [-0.39, 0.29) is 23.4 Å². The fourth-order valence-corrected chi connectivity index (χ4v) is 1.37. The van der Waals surface area contributed by atoms with Crippen LogP contribution in [0.4, 0.5) is 0 Å². The normalized spacial score (nSPS) is 16.1. The van der Waals surface area contributed by atoms with Crippen molar-refractivity contribution in [3.8, 4) is 0 Å². The highest BCUT2D eigenvalue weighted by atomic mass is 16.2. The molecule has 0 bridgehead atoms. The summed E-state index contributed by atoms with van der Waals surface area (Å²) in [7, 11) is 0. The van der Waals surface area contributed by atoms with Crippen LogP contribution in [0.3, 0.4) is 0 Å². The molecule has 0 heterocycles. The summed E-state index contributed by atoms with van der Waals surface area (Å²) in [5.41, 5.74) is 5.55. The van der Waals surface area contributed by atoms with Crippen LogP contribution in [0.5, 0.6) is 0 Å². The molecule has 2 unspecified atom stereocenters. The minimum Gasteiger partial charge on any atom is -0.351 e. The monoisotopic (exact) mass is 200 g/mol. The smallest absolute Gasteiger partial charge is 0.224 e. The van der Waals surface area contributed by atoms with Gasteiger partial charge in [0.05, 0.1) is 0 Å². The molecule has 1 amide bonds. The molecular formula is C11H24N2O. The second-order valence-corrected chi connectivity index (χ2v) is 4.77. The van der Waals surface area contributed by atoms with Gasteiger partial charge in [-0.3, -0.25) is 4.79 Å². The number of hydrogen-bond donors (Lipinski definition) is 2. The van der Waals surface area contributed by atoms with Gasteiger partial charge >= 0.3 is 0 Å². The third-order valence-electron chi connectivity index (χ3n) is 2.54. The zero-order valence-corrected chi connectivity index (χ0v) is 10.1. The van der Waals surface area contributed by atoms with Gasteiger partial charge in [-0.05, 0) is 27.2 Å². The van der Waals surface area contributed by atoms with Crippen molar-refractivity contribution in [1.82, 2.24) is 5.32 Å². The van der Waals surface area contributed by atoms with Gasteiger partial charge in [-0.25, -0.2) is 0 Å². The summed E-state index contributed by atoms with van der Waals surface area (Å²) in [6.07, 6.45) is 2.06. The minimum atomic E-state index is -0.119. The van der Waals surface area contributed by atoms with Crippen LogP contribution in [0, 0.1) is 5.92 Å². The summed E-state index contributed by atoms with van der Waals surface area (Å²) in [5, 5.41) is 3.02. The number of nitrogens with two attached hydrogens (primary N) is 1.